The zero-order chi connectivity index (χ0) is 15.4. The topological polar surface area (TPSA) is 88.1 Å². The van der Waals surface area contributed by atoms with Crippen LogP contribution in [0.1, 0.15) is 17.3 Å². The molecule has 1 aliphatic heterocycles. The lowest BCUT2D eigenvalue weighted by molar-refractivity contribution is 0.0221. The summed E-state index contributed by atoms with van der Waals surface area (Å²) < 4.78 is 10.3. The van der Waals surface area contributed by atoms with Crippen LogP contribution in [-0.4, -0.2) is 54.9 Å². The maximum absolute atomic E-state index is 12.3. The Hall–Kier alpha value is -2.28. The van der Waals surface area contributed by atoms with Crippen molar-refractivity contribution in [2.24, 2.45) is 0 Å². The summed E-state index contributed by atoms with van der Waals surface area (Å²) in [6.45, 7) is 3.29. The van der Waals surface area contributed by atoms with Crippen LogP contribution in [-0.2, 0) is 4.74 Å². The second-order valence-electron chi connectivity index (χ2n) is 4.76. The number of aromatic carboxylic acids is 1. The SMILES string of the molecule is COc1ccc(C(=O)O)c(NC(=O)N2CCOCC2C)c1. The van der Waals surface area contributed by atoms with Gasteiger partial charge in [0.25, 0.3) is 0 Å². The number of carbonyl (C=O) groups excluding carboxylic acids is 1. The number of rotatable bonds is 3. The largest absolute Gasteiger partial charge is 0.497 e. The first-order chi connectivity index (χ1) is 10.0. The zero-order valence-electron chi connectivity index (χ0n) is 12.0. The summed E-state index contributed by atoms with van der Waals surface area (Å²) in [5.74, 6) is -0.631. The number of nitrogens with zero attached hydrogens (tertiary/aromatic N) is 1. The molecule has 7 heteroatoms. The Balaban J connectivity index is 2.20. The van der Waals surface area contributed by atoms with E-state index in [9.17, 15) is 14.7 Å². The van der Waals surface area contributed by atoms with E-state index in [1.807, 2.05) is 6.92 Å². The summed E-state index contributed by atoms with van der Waals surface area (Å²) in [4.78, 5) is 25.1. The number of hydrogen-bond donors (Lipinski definition) is 2. The van der Waals surface area contributed by atoms with Crippen molar-refractivity contribution in [2.75, 3.05) is 32.2 Å². The van der Waals surface area contributed by atoms with E-state index in [4.69, 9.17) is 9.47 Å². The molecule has 2 N–H and O–H groups in total. The molecule has 1 aromatic carbocycles. The summed E-state index contributed by atoms with van der Waals surface area (Å²) in [5.41, 5.74) is 0.232. The molecule has 0 aromatic heterocycles. The number of nitrogens with one attached hydrogen (secondary N) is 1. The van der Waals surface area contributed by atoms with Crippen molar-refractivity contribution in [1.82, 2.24) is 4.90 Å². The molecule has 0 saturated carbocycles. The Morgan fingerprint density at radius 1 is 1.48 bits per heavy atom. The molecule has 0 spiro atoms. The fourth-order valence-corrected chi connectivity index (χ4v) is 2.16. The number of carboxylic acids is 1. The van der Waals surface area contributed by atoms with E-state index < -0.39 is 5.97 Å². The van der Waals surface area contributed by atoms with Crippen molar-refractivity contribution in [3.05, 3.63) is 23.8 Å². The minimum Gasteiger partial charge on any atom is -0.497 e. The normalized spacial score (nSPS) is 18.2. The first-order valence-corrected chi connectivity index (χ1v) is 6.59. The highest BCUT2D eigenvalue weighted by Crippen LogP contribution is 2.23. The molecule has 2 rings (SSSR count). The summed E-state index contributed by atoms with van der Waals surface area (Å²) in [6, 6.07) is 4.03. The first-order valence-electron chi connectivity index (χ1n) is 6.59. The molecule has 1 aromatic rings. The van der Waals surface area contributed by atoms with Crippen LogP contribution in [0.15, 0.2) is 18.2 Å². The third-order valence-electron chi connectivity index (χ3n) is 3.33. The monoisotopic (exact) mass is 294 g/mol. The Morgan fingerprint density at radius 2 is 2.24 bits per heavy atom. The van der Waals surface area contributed by atoms with E-state index >= 15 is 0 Å². The van der Waals surface area contributed by atoms with E-state index in [1.165, 1.54) is 25.3 Å². The molecular formula is C14H18N2O5. The second kappa shape index (κ2) is 6.45. The van der Waals surface area contributed by atoms with Gasteiger partial charge in [0.05, 0.1) is 37.6 Å². The number of hydrogen-bond acceptors (Lipinski definition) is 4. The van der Waals surface area contributed by atoms with Crippen molar-refractivity contribution in [3.8, 4) is 5.75 Å². The number of morpholine rings is 1. The van der Waals surface area contributed by atoms with Gasteiger partial charge in [0.2, 0.25) is 0 Å². The molecule has 1 fully saturated rings. The average Bonchev–Trinajstić information content (AvgIpc) is 2.47. The molecule has 1 unspecified atom stereocenters. The molecule has 0 aliphatic carbocycles. The number of carbonyl (C=O) groups is 2. The molecular weight excluding hydrogens is 276 g/mol. The van der Waals surface area contributed by atoms with Crippen molar-refractivity contribution < 1.29 is 24.2 Å². The van der Waals surface area contributed by atoms with Crippen LogP contribution in [0.2, 0.25) is 0 Å². The number of anilines is 1. The van der Waals surface area contributed by atoms with Gasteiger partial charge in [-0.05, 0) is 19.1 Å². The number of benzene rings is 1. The Morgan fingerprint density at radius 3 is 2.86 bits per heavy atom. The summed E-state index contributed by atoms with van der Waals surface area (Å²) in [7, 11) is 1.48. The minimum atomic E-state index is -1.11. The lowest BCUT2D eigenvalue weighted by Gasteiger charge is -2.33. The van der Waals surface area contributed by atoms with Crippen LogP contribution in [0.5, 0.6) is 5.75 Å². The molecule has 114 valence electrons. The maximum Gasteiger partial charge on any atom is 0.337 e. The van der Waals surface area contributed by atoms with Crippen LogP contribution in [0.3, 0.4) is 0 Å². The van der Waals surface area contributed by atoms with Gasteiger partial charge in [-0.1, -0.05) is 0 Å². The highest BCUT2D eigenvalue weighted by atomic mass is 16.5. The van der Waals surface area contributed by atoms with Gasteiger partial charge in [0.1, 0.15) is 5.75 Å². The maximum atomic E-state index is 12.3. The zero-order valence-corrected chi connectivity index (χ0v) is 12.0. The van der Waals surface area contributed by atoms with E-state index in [2.05, 4.69) is 5.32 Å². The molecule has 7 nitrogen and oxygen atoms in total. The minimum absolute atomic E-state index is 0.0186. The van der Waals surface area contributed by atoms with Crippen molar-refractivity contribution >= 4 is 17.7 Å². The summed E-state index contributed by atoms with van der Waals surface area (Å²) >= 11 is 0. The molecule has 1 heterocycles. The molecule has 1 atom stereocenters. The van der Waals surface area contributed by atoms with Gasteiger partial charge < -0.3 is 24.8 Å². The number of methoxy groups -OCH3 is 1. The van der Waals surface area contributed by atoms with Crippen LogP contribution in [0, 0.1) is 0 Å². The van der Waals surface area contributed by atoms with Crippen LogP contribution in [0.4, 0.5) is 10.5 Å². The lowest BCUT2D eigenvalue weighted by Crippen LogP contribution is -2.49. The predicted molar refractivity (Wildman–Crippen MR) is 76.0 cm³/mol. The quantitative estimate of drug-likeness (QED) is 0.885. The van der Waals surface area contributed by atoms with Gasteiger partial charge >= 0.3 is 12.0 Å². The van der Waals surface area contributed by atoms with Crippen molar-refractivity contribution in [1.29, 1.82) is 0 Å². The highest BCUT2D eigenvalue weighted by molar-refractivity contribution is 6.00. The molecule has 21 heavy (non-hydrogen) atoms. The fraction of sp³-hybridized carbons (Fsp3) is 0.429. The van der Waals surface area contributed by atoms with Gasteiger partial charge in [-0.2, -0.15) is 0 Å². The second-order valence-corrected chi connectivity index (χ2v) is 4.76. The summed E-state index contributed by atoms with van der Waals surface area (Å²) in [6.07, 6.45) is 0. The smallest absolute Gasteiger partial charge is 0.337 e. The molecule has 0 radical (unpaired) electrons. The van der Waals surface area contributed by atoms with Gasteiger partial charge in [-0.25, -0.2) is 9.59 Å². The van der Waals surface area contributed by atoms with Crippen LogP contribution in [0.25, 0.3) is 0 Å². The Kier molecular flexibility index (Phi) is 4.64. The number of amides is 2. The van der Waals surface area contributed by atoms with Crippen LogP contribution < -0.4 is 10.1 Å². The standard InChI is InChI=1S/C14H18N2O5/c1-9-8-21-6-5-16(9)14(19)15-12-7-10(20-2)3-4-11(12)13(17)18/h3-4,7,9H,5-6,8H2,1-2H3,(H,15,19)(H,17,18). The van der Waals surface area contributed by atoms with Crippen molar-refractivity contribution in [2.45, 2.75) is 13.0 Å². The average molecular weight is 294 g/mol. The van der Waals surface area contributed by atoms with Gasteiger partial charge in [-0.3, -0.25) is 0 Å². The van der Waals surface area contributed by atoms with Gasteiger partial charge in [0.15, 0.2) is 0 Å². The molecule has 0 bridgehead atoms. The van der Waals surface area contributed by atoms with E-state index in [-0.39, 0.29) is 23.3 Å². The van der Waals surface area contributed by atoms with Gasteiger partial charge in [-0.15, -0.1) is 0 Å². The molecule has 1 saturated heterocycles. The lowest BCUT2D eigenvalue weighted by atomic mass is 10.1. The van der Waals surface area contributed by atoms with E-state index in [0.29, 0.717) is 25.5 Å². The highest BCUT2D eigenvalue weighted by Gasteiger charge is 2.25. The molecule has 2 amide bonds. The number of urea groups is 1. The Labute approximate surface area is 122 Å². The number of ether oxygens (including phenoxy) is 2. The van der Waals surface area contributed by atoms with E-state index in [1.54, 1.807) is 4.90 Å². The Bertz CT molecular complexity index is 546. The first kappa shape index (κ1) is 15.1. The summed E-state index contributed by atoms with van der Waals surface area (Å²) in [5, 5.41) is 11.8. The third-order valence-corrected chi connectivity index (χ3v) is 3.33. The van der Waals surface area contributed by atoms with Crippen LogP contribution >= 0.6 is 0 Å². The third kappa shape index (κ3) is 3.43. The molecule has 1 aliphatic rings. The van der Waals surface area contributed by atoms with Gasteiger partial charge in [0, 0.05) is 12.6 Å². The number of carboxylic acid groups (broad SMARTS) is 1. The predicted octanol–water partition coefficient (Wildman–Crippen LogP) is 1.65. The van der Waals surface area contributed by atoms with Crippen molar-refractivity contribution in [3.63, 3.8) is 0 Å². The van der Waals surface area contributed by atoms with E-state index in [0.717, 1.165) is 0 Å². The fourth-order valence-electron chi connectivity index (χ4n) is 2.16.